The van der Waals surface area contributed by atoms with Gasteiger partial charge in [0.05, 0.1) is 0 Å². The number of rotatable bonds is 4. The SMILES string of the molecule is Cc1ccc(C(C)NCc2ccc(Cl)cc2Cl)cc1. The van der Waals surface area contributed by atoms with E-state index < -0.39 is 0 Å². The van der Waals surface area contributed by atoms with E-state index >= 15 is 0 Å². The largest absolute Gasteiger partial charge is 0.306 e. The third kappa shape index (κ3) is 3.97. The summed E-state index contributed by atoms with van der Waals surface area (Å²) in [6, 6.07) is 14.4. The minimum absolute atomic E-state index is 0.285. The van der Waals surface area contributed by atoms with Gasteiger partial charge in [-0.2, -0.15) is 0 Å². The lowest BCUT2D eigenvalue weighted by atomic mass is 10.1. The van der Waals surface area contributed by atoms with Gasteiger partial charge in [-0.05, 0) is 37.1 Å². The van der Waals surface area contributed by atoms with Crippen molar-refractivity contribution in [2.24, 2.45) is 0 Å². The van der Waals surface area contributed by atoms with Crippen LogP contribution in [0, 0.1) is 6.92 Å². The molecule has 0 bridgehead atoms. The van der Waals surface area contributed by atoms with Gasteiger partial charge < -0.3 is 5.32 Å². The van der Waals surface area contributed by atoms with Crippen molar-refractivity contribution in [2.75, 3.05) is 0 Å². The highest BCUT2D eigenvalue weighted by molar-refractivity contribution is 6.35. The van der Waals surface area contributed by atoms with Crippen molar-refractivity contribution in [3.05, 3.63) is 69.2 Å². The number of halogens is 2. The maximum absolute atomic E-state index is 6.16. The standard InChI is InChI=1S/C16H17Cl2N/c1-11-3-5-13(6-4-11)12(2)19-10-14-7-8-15(17)9-16(14)18/h3-9,12,19H,10H2,1-2H3. The van der Waals surface area contributed by atoms with Crippen LogP contribution in [-0.4, -0.2) is 0 Å². The maximum atomic E-state index is 6.16. The molecule has 0 aromatic heterocycles. The molecule has 0 aliphatic rings. The summed E-state index contributed by atoms with van der Waals surface area (Å²) in [4.78, 5) is 0. The van der Waals surface area contributed by atoms with Crippen molar-refractivity contribution in [3.63, 3.8) is 0 Å². The molecule has 1 unspecified atom stereocenters. The van der Waals surface area contributed by atoms with E-state index in [1.54, 1.807) is 6.07 Å². The van der Waals surface area contributed by atoms with E-state index in [-0.39, 0.29) is 6.04 Å². The minimum Gasteiger partial charge on any atom is -0.306 e. The predicted octanol–water partition coefficient (Wildman–Crippen LogP) is 5.15. The summed E-state index contributed by atoms with van der Waals surface area (Å²) >= 11 is 12.0. The first-order valence-electron chi connectivity index (χ1n) is 6.30. The van der Waals surface area contributed by atoms with Crippen molar-refractivity contribution in [2.45, 2.75) is 26.4 Å². The van der Waals surface area contributed by atoms with Gasteiger partial charge in [0.25, 0.3) is 0 Å². The van der Waals surface area contributed by atoms with Gasteiger partial charge in [-0.15, -0.1) is 0 Å². The fourth-order valence-corrected chi connectivity index (χ4v) is 2.38. The van der Waals surface area contributed by atoms with Crippen molar-refractivity contribution in [1.82, 2.24) is 5.32 Å². The number of nitrogens with one attached hydrogen (secondary N) is 1. The third-order valence-electron chi connectivity index (χ3n) is 3.19. The molecule has 19 heavy (non-hydrogen) atoms. The van der Waals surface area contributed by atoms with Crippen LogP contribution in [0.2, 0.25) is 10.0 Å². The second-order valence-electron chi connectivity index (χ2n) is 4.75. The highest BCUT2D eigenvalue weighted by Crippen LogP contribution is 2.22. The van der Waals surface area contributed by atoms with E-state index in [0.717, 1.165) is 12.1 Å². The van der Waals surface area contributed by atoms with Crippen LogP contribution in [0.1, 0.15) is 29.7 Å². The van der Waals surface area contributed by atoms with Crippen LogP contribution in [0.5, 0.6) is 0 Å². The Hall–Kier alpha value is -1.02. The summed E-state index contributed by atoms with van der Waals surface area (Å²) in [5, 5.41) is 4.84. The Bertz CT molecular complexity index is 549. The molecule has 1 atom stereocenters. The molecule has 2 aromatic carbocycles. The average molecular weight is 294 g/mol. The van der Waals surface area contributed by atoms with Crippen LogP contribution in [0.15, 0.2) is 42.5 Å². The van der Waals surface area contributed by atoms with E-state index in [4.69, 9.17) is 23.2 Å². The molecule has 1 nitrogen and oxygen atoms in total. The van der Waals surface area contributed by atoms with Crippen molar-refractivity contribution >= 4 is 23.2 Å². The Labute approximate surface area is 124 Å². The van der Waals surface area contributed by atoms with E-state index in [2.05, 4.69) is 43.4 Å². The van der Waals surface area contributed by atoms with Gasteiger partial charge in [0.1, 0.15) is 0 Å². The maximum Gasteiger partial charge on any atom is 0.0465 e. The second kappa shape index (κ2) is 6.42. The molecule has 0 fully saturated rings. The number of hydrogen-bond acceptors (Lipinski definition) is 1. The van der Waals surface area contributed by atoms with Gasteiger partial charge in [-0.1, -0.05) is 59.1 Å². The zero-order valence-corrected chi connectivity index (χ0v) is 12.6. The van der Waals surface area contributed by atoms with Crippen LogP contribution in [-0.2, 0) is 6.54 Å². The lowest BCUT2D eigenvalue weighted by Gasteiger charge is -2.15. The van der Waals surface area contributed by atoms with Gasteiger partial charge in [0.15, 0.2) is 0 Å². The molecule has 0 spiro atoms. The Morgan fingerprint density at radius 3 is 2.37 bits per heavy atom. The molecular weight excluding hydrogens is 277 g/mol. The second-order valence-corrected chi connectivity index (χ2v) is 5.59. The summed E-state index contributed by atoms with van der Waals surface area (Å²) in [6.07, 6.45) is 0. The molecule has 0 radical (unpaired) electrons. The van der Waals surface area contributed by atoms with Crippen LogP contribution < -0.4 is 5.32 Å². The monoisotopic (exact) mass is 293 g/mol. The van der Waals surface area contributed by atoms with Crippen molar-refractivity contribution < 1.29 is 0 Å². The van der Waals surface area contributed by atoms with E-state index in [1.165, 1.54) is 11.1 Å². The van der Waals surface area contributed by atoms with Crippen LogP contribution in [0.25, 0.3) is 0 Å². The van der Waals surface area contributed by atoms with E-state index in [1.807, 2.05) is 12.1 Å². The summed E-state index contributed by atoms with van der Waals surface area (Å²) in [7, 11) is 0. The van der Waals surface area contributed by atoms with E-state index in [0.29, 0.717) is 10.0 Å². The zero-order chi connectivity index (χ0) is 13.8. The van der Waals surface area contributed by atoms with Crippen LogP contribution in [0.3, 0.4) is 0 Å². The smallest absolute Gasteiger partial charge is 0.0465 e. The normalized spacial score (nSPS) is 12.4. The molecule has 100 valence electrons. The Kier molecular flexibility index (Phi) is 4.87. The highest BCUT2D eigenvalue weighted by atomic mass is 35.5. The minimum atomic E-state index is 0.285. The molecule has 0 saturated heterocycles. The number of aryl methyl sites for hydroxylation is 1. The fourth-order valence-electron chi connectivity index (χ4n) is 1.90. The highest BCUT2D eigenvalue weighted by Gasteiger charge is 2.06. The number of benzene rings is 2. The average Bonchev–Trinajstić information content (AvgIpc) is 2.38. The first kappa shape index (κ1) is 14.4. The van der Waals surface area contributed by atoms with Gasteiger partial charge in [-0.3, -0.25) is 0 Å². The summed E-state index contributed by atoms with van der Waals surface area (Å²) in [6.45, 7) is 4.97. The summed E-state index contributed by atoms with van der Waals surface area (Å²) < 4.78 is 0. The lowest BCUT2D eigenvalue weighted by Crippen LogP contribution is -2.18. The molecular formula is C16H17Cl2N. The molecule has 2 rings (SSSR count). The van der Waals surface area contributed by atoms with E-state index in [9.17, 15) is 0 Å². The summed E-state index contributed by atoms with van der Waals surface area (Å²) in [5.41, 5.74) is 3.61. The Morgan fingerprint density at radius 1 is 1.05 bits per heavy atom. The van der Waals surface area contributed by atoms with Gasteiger partial charge >= 0.3 is 0 Å². The van der Waals surface area contributed by atoms with Crippen LogP contribution in [0.4, 0.5) is 0 Å². The quantitative estimate of drug-likeness (QED) is 0.822. The molecule has 3 heteroatoms. The molecule has 0 aliphatic heterocycles. The molecule has 2 aromatic rings. The van der Waals surface area contributed by atoms with Gasteiger partial charge in [-0.25, -0.2) is 0 Å². The van der Waals surface area contributed by atoms with Crippen molar-refractivity contribution in [1.29, 1.82) is 0 Å². The topological polar surface area (TPSA) is 12.0 Å². The number of hydrogen-bond donors (Lipinski definition) is 1. The van der Waals surface area contributed by atoms with Crippen LogP contribution >= 0.6 is 23.2 Å². The first-order valence-corrected chi connectivity index (χ1v) is 7.06. The Morgan fingerprint density at radius 2 is 1.74 bits per heavy atom. The Balaban J connectivity index is 2.00. The molecule has 0 amide bonds. The predicted molar refractivity (Wildman–Crippen MR) is 82.9 cm³/mol. The van der Waals surface area contributed by atoms with Gasteiger partial charge in [0, 0.05) is 22.6 Å². The lowest BCUT2D eigenvalue weighted by molar-refractivity contribution is 0.575. The van der Waals surface area contributed by atoms with Crippen molar-refractivity contribution in [3.8, 4) is 0 Å². The fraction of sp³-hybridized carbons (Fsp3) is 0.250. The van der Waals surface area contributed by atoms with Gasteiger partial charge in [0.2, 0.25) is 0 Å². The zero-order valence-electron chi connectivity index (χ0n) is 11.1. The third-order valence-corrected chi connectivity index (χ3v) is 3.78. The first-order chi connectivity index (χ1) is 9.06. The molecule has 0 heterocycles. The molecule has 0 saturated carbocycles. The molecule has 0 aliphatic carbocycles. The summed E-state index contributed by atoms with van der Waals surface area (Å²) in [5.74, 6) is 0. The molecule has 1 N–H and O–H groups in total.